The van der Waals surface area contributed by atoms with Crippen LogP contribution in [0.1, 0.15) is 104 Å². The van der Waals surface area contributed by atoms with Crippen LogP contribution >= 0.6 is 0 Å². The number of unbranched alkanes of at least 4 members (excludes halogenated alkanes) is 9. The largest absolute Gasteiger partial charge is 1.00 e. The molecular formula is C18H37NaO4S. The van der Waals surface area contributed by atoms with E-state index in [9.17, 15) is 18.1 Å². The predicted molar refractivity (Wildman–Crippen MR) is 95.5 cm³/mol. The maximum absolute atomic E-state index is 10.7. The van der Waals surface area contributed by atoms with Gasteiger partial charge in [-0.05, 0) is 26.2 Å². The van der Waals surface area contributed by atoms with Gasteiger partial charge in [0.2, 0.25) is 0 Å². The van der Waals surface area contributed by atoms with E-state index in [2.05, 4.69) is 6.92 Å². The van der Waals surface area contributed by atoms with Crippen LogP contribution < -0.4 is 29.6 Å². The molecule has 1 N–H and O–H groups in total. The first-order chi connectivity index (χ1) is 10.9. The summed E-state index contributed by atoms with van der Waals surface area (Å²) < 4.78 is 32.2. The minimum Gasteiger partial charge on any atom is -0.748 e. The maximum Gasteiger partial charge on any atom is 1.00 e. The van der Waals surface area contributed by atoms with E-state index in [1.54, 1.807) is 0 Å². The van der Waals surface area contributed by atoms with Crippen LogP contribution in [0.5, 0.6) is 0 Å². The molecule has 0 aromatic rings. The molecule has 0 aliphatic heterocycles. The van der Waals surface area contributed by atoms with Crippen molar-refractivity contribution < 1.29 is 47.6 Å². The van der Waals surface area contributed by atoms with Gasteiger partial charge in [0, 0.05) is 5.25 Å². The van der Waals surface area contributed by atoms with Crippen LogP contribution in [0.15, 0.2) is 0 Å². The monoisotopic (exact) mass is 372 g/mol. The van der Waals surface area contributed by atoms with E-state index in [-0.39, 0.29) is 35.7 Å². The summed E-state index contributed by atoms with van der Waals surface area (Å²) in [5.41, 5.74) is 0. The van der Waals surface area contributed by atoms with Gasteiger partial charge in [0.15, 0.2) is 0 Å². The standard InChI is InChI=1S/C18H38O4S.Na/c1-3-4-15-18(19)16-13-11-9-7-5-6-8-10-12-14-17(2)23(20,21)22;/h17-19H,3-16H2,1-2H3,(H,20,21,22);/q;+1/p-1. The molecule has 0 saturated heterocycles. The van der Waals surface area contributed by atoms with E-state index >= 15 is 0 Å². The minimum absolute atomic E-state index is 0. The summed E-state index contributed by atoms with van der Waals surface area (Å²) in [6.07, 6.45) is 14.8. The second kappa shape index (κ2) is 17.3. The molecule has 0 aliphatic carbocycles. The third-order valence-electron chi connectivity index (χ3n) is 4.53. The van der Waals surface area contributed by atoms with Crippen LogP contribution in [0.4, 0.5) is 0 Å². The van der Waals surface area contributed by atoms with Gasteiger partial charge in [-0.25, -0.2) is 8.42 Å². The fourth-order valence-corrected chi connectivity index (χ4v) is 3.23. The Hall–Kier alpha value is 0.870. The SMILES string of the molecule is CCCCC(O)CCCCCCCCCCCC(C)S(=O)(=O)[O-].[Na+]. The Balaban J connectivity index is 0. The Morgan fingerprint density at radius 3 is 1.58 bits per heavy atom. The zero-order chi connectivity index (χ0) is 17.6. The molecule has 0 radical (unpaired) electrons. The molecule has 0 heterocycles. The summed E-state index contributed by atoms with van der Waals surface area (Å²) in [5.74, 6) is 0. The normalized spacial score (nSPS) is 14.2. The van der Waals surface area contributed by atoms with E-state index in [0.29, 0.717) is 6.42 Å². The molecule has 0 rings (SSSR count). The van der Waals surface area contributed by atoms with E-state index in [1.165, 1.54) is 39.0 Å². The van der Waals surface area contributed by atoms with Gasteiger partial charge in [-0.15, -0.1) is 0 Å². The summed E-state index contributed by atoms with van der Waals surface area (Å²) in [7, 11) is -4.09. The van der Waals surface area contributed by atoms with E-state index in [4.69, 9.17) is 0 Å². The van der Waals surface area contributed by atoms with Gasteiger partial charge >= 0.3 is 29.6 Å². The van der Waals surface area contributed by atoms with Crippen molar-refractivity contribution in [1.29, 1.82) is 0 Å². The maximum atomic E-state index is 10.7. The zero-order valence-electron chi connectivity index (χ0n) is 16.1. The molecule has 0 aromatic carbocycles. The third kappa shape index (κ3) is 17.7. The van der Waals surface area contributed by atoms with Crippen molar-refractivity contribution in [1.82, 2.24) is 0 Å². The molecule has 4 nitrogen and oxygen atoms in total. The first-order valence-corrected chi connectivity index (χ1v) is 11.0. The second-order valence-corrected chi connectivity index (χ2v) is 8.65. The average Bonchev–Trinajstić information content (AvgIpc) is 2.49. The van der Waals surface area contributed by atoms with Crippen molar-refractivity contribution in [2.75, 3.05) is 0 Å². The molecule has 0 aliphatic rings. The summed E-state index contributed by atoms with van der Waals surface area (Å²) in [5, 5.41) is 8.99. The van der Waals surface area contributed by atoms with Crippen molar-refractivity contribution in [3.63, 3.8) is 0 Å². The molecule has 140 valence electrons. The van der Waals surface area contributed by atoms with E-state index in [1.807, 2.05) is 0 Å². The topological polar surface area (TPSA) is 77.4 Å². The second-order valence-electron chi connectivity index (χ2n) is 6.86. The van der Waals surface area contributed by atoms with Crippen molar-refractivity contribution in [3.05, 3.63) is 0 Å². The van der Waals surface area contributed by atoms with Crippen molar-refractivity contribution >= 4 is 10.1 Å². The molecule has 24 heavy (non-hydrogen) atoms. The van der Waals surface area contributed by atoms with Crippen LogP contribution in [0.25, 0.3) is 0 Å². The van der Waals surface area contributed by atoms with Crippen LogP contribution in [-0.4, -0.2) is 29.4 Å². The Labute approximate surface area is 172 Å². The summed E-state index contributed by atoms with van der Waals surface area (Å²) in [6.45, 7) is 3.65. The average molecular weight is 373 g/mol. The molecule has 0 bridgehead atoms. The number of hydrogen-bond acceptors (Lipinski definition) is 4. The van der Waals surface area contributed by atoms with Crippen LogP contribution in [0.3, 0.4) is 0 Å². The zero-order valence-corrected chi connectivity index (χ0v) is 19.0. The number of aliphatic hydroxyl groups is 1. The molecular weight excluding hydrogens is 335 g/mol. The summed E-state index contributed by atoms with van der Waals surface area (Å²) in [6, 6.07) is 0. The predicted octanol–water partition coefficient (Wildman–Crippen LogP) is 1.77. The van der Waals surface area contributed by atoms with Gasteiger partial charge in [-0.1, -0.05) is 77.6 Å². The number of rotatable bonds is 16. The minimum atomic E-state index is -4.09. The molecule has 0 spiro atoms. The van der Waals surface area contributed by atoms with Crippen LogP contribution in [0, 0.1) is 0 Å². The molecule has 0 fully saturated rings. The van der Waals surface area contributed by atoms with Crippen LogP contribution in [-0.2, 0) is 10.1 Å². The van der Waals surface area contributed by atoms with Gasteiger partial charge in [-0.3, -0.25) is 0 Å². The smallest absolute Gasteiger partial charge is 0.748 e. The molecule has 6 heteroatoms. The Bertz CT molecular complexity index is 360. The number of aliphatic hydroxyl groups excluding tert-OH is 1. The number of hydrogen-bond donors (Lipinski definition) is 1. The first-order valence-electron chi connectivity index (χ1n) is 9.50. The van der Waals surface area contributed by atoms with E-state index < -0.39 is 15.4 Å². The van der Waals surface area contributed by atoms with Gasteiger partial charge in [0.25, 0.3) is 0 Å². The van der Waals surface area contributed by atoms with Gasteiger partial charge in [-0.2, -0.15) is 0 Å². The molecule has 0 amide bonds. The van der Waals surface area contributed by atoms with Crippen molar-refractivity contribution in [3.8, 4) is 0 Å². The fraction of sp³-hybridized carbons (Fsp3) is 1.00. The first kappa shape index (κ1) is 27.1. The van der Waals surface area contributed by atoms with Crippen molar-refractivity contribution in [2.45, 2.75) is 115 Å². The molecule has 2 atom stereocenters. The molecule has 0 aromatic heterocycles. The van der Waals surface area contributed by atoms with E-state index in [0.717, 1.165) is 51.4 Å². The van der Waals surface area contributed by atoms with Crippen molar-refractivity contribution in [2.24, 2.45) is 0 Å². The quantitative estimate of drug-likeness (QED) is 0.254. The van der Waals surface area contributed by atoms with Crippen LogP contribution in [0.2, 0.25) is 0 Å². The molecule has 2 unspecified atom stereocenters. The fourth-order valence-electron chi connectivity index (χ4n) is 2.78. The van der Waals surface area contributed by atoms with Gasteiger partial charge in [0.05, 0.1) is 16.2 Å². The van der Waals surface area contributed by atoms with Gasteiger partial charge in [0.1, 0.15) is 0 Å². The Morgan fingerprint density at radius 1 is 0.792 bits per heavy atom. The Morgan fingerprint density at radius 2 is 1.17 bits per heavy atom. The summed E-state index contributed by atoms with van der Waals surface area (Å²) in [4.78, 5) is 0. The third-order valence-corrected chi connectivity index (χ3v) is 5.75. The van der Waals surface area contributed by atoms with Gasteiger partial charge < -0.3 is 9.66 Å². The molecule has 0 saturated carbocycles. The summed E-state index contributed by atoms with van der Waals surface area (Å²) >= 11 is 0. The Kier molecular flexibility index (Phi) is 19.5.